The van der Waals surface area contributed by atoms with Crippen LogP contribution in [0.15, 0.2) is 0 Å². The third-order valence-corrected chi connectivity index (χ3v) is 6.76. The summed E-state index contributed by atoms with van der Waals surface area (Å²) in [5.74, 6) is 1.22. The molecule has 4 unspecified atom stereocenters. The lowest BCUT2D eigenvalue weighted by molar-refractivity contribution is -0.157. The van der Waals surface area contributed by atoms with E-state index in [2.05, 4.69) is 20.8 Å². The van der Waals surface area contributed by atoms with Gasteiger partial charge < -0.3 is 9.47 Å². The molecule has 0 amide bonds. The van der Waals surface area contributed by atoms with Gasteiger partial charge in [0.25, 0.3) is 0 Å². The van der Waals surface area contributed by atoms with Crippen LogP contribution < -0.4 is 0 Å². The number of esters is 1. The van der Waals surface area contributed by atoms with Crippen LogP contribution in [0, 0.1) is 17.3 Å². The van der Waals surface area contributed by atoms with Gasteiger partial charge in [0, 0.05) is 0 Å². The maximum absolute atomic E-state index is 12.5. The summed E-state index contributed by atoms with van der Waals surface area (Å²) in [5, 5.41) is 0. The topological polar surface area (TPSA) is 38.8 Å². The number of hydrogen-bond donors (Lipinski definition) is 0. The fourth-order valence-corrected chi connectivity index (χ4v) is 4.71. The predicted octanol–water partition coefficient (Wildman–Crippen LogP) is 6.29. The molecule has 0 bridgehead atoms. The predicted molar refractivity (Wildman–Crippen MR) is 107 cm³/mol. The summed E-state index contributed by atoms with van der Waals surface area (Å²) in [6.07, 6.45) is 16.4. The summed E-state index contributed by atoms with van der Waals surface area (Å²) < 4.78 is 11.1. The van der Waals surface area contributed by atoms with Crippen LogP contribution in [0.1, 0.15) is 105 Å². The molecule has 3 nitrogen and oxygen atoms in total. The summed E-state index contributed by atoms with van der Waals surface area (Å²) in [4.78, 5) is 12.5. The second kappa shape index (κ2) is 10.7. The Kier molecular flexibility index (Phi) is 8.93. The average molecular weight is 367 g/mol. The van der Waals surface area contributed by atoms with E-state index < -0.39 is 0 Å². The average Bonchev–Trinajstić information content (AvgIpc) is 3.39. The molecule has 1 heterocycles. The van der Waals surface area contributed by atoms with Gasteiger partial charge in [-0.2, -0.15) is 0 Å². The maximum atomic E-state index is 12.5. The summed E-state index contributed by atoms with van der Waals surface area (Å²) in [5.41, 5.74) is -0.368. The highest BCUT2D eigenvalue weighted by molar-refractivity contribution is 5.76. The minimum atomic E-state index is -0.368. The summed E-state index contributed by atoms with van der Waals surface area (Å²) in [6, 6.07) is 0. The molecule has 1 aliphatic heterocycles. The molecule has 152 valence electrons. The van der Waals surface area contributed by atoms with Gasteiger partial charge in [0.2, 0.25) is 0 Å². The van der Waals surface area contributed by atoms with Crippen LogP contribution in [0.3, 0.4) is 0 Å². The zero-order valence-corrected chi connectivity index (χ0v) is 17.7. The van der Waals surface area contributed by atoms with Gasteiger partial charge in [-0.1, -0.05) is 51.9 Å². The van der Waals surface area contributed by atoms with Crippen LogP contribution in [0.25, 0.3) is 0 Å². The highest BCUT2D eigenvalue weighted by Crippen LogP contribution is 2.43. The fraction of sp³-hybridized carbons (Fsp3) is 0.957. The number of carbonyl (C=O) groups excluding carboxylic acids is 1. The van der Waals surface area contributed by atoms with E-state index in [-0.39, 0.29) is 11.4 Å². The van der Waals surface area contributed by atoms with E-state index in [0.717, 1.165) is 18.8 Å². The van der Waals surface area contributed by atoms with E-state index in [0.29, 0.717) is 24.7 Å². The van der Waals surface area contributed by atoms with Crippen LogP contribution >= 0.6 is 0 Å². The summed E-state index contributed by atoms with van der Waals surface area (Å²) in [7, 11) is 0. The minimum absolute atomic E-state index is 0.00906. The monoisotopic (exact) mass is 366 g/mol. The number of carbonyl (C=O) groups is 1. The Balaban J connectivity index is 1.81. The van der Waals surface area contributed by atoms with Crippen LogP contribution in [0.5, 0.6) is 0 Å². The third kappa shape index (κ3) is 6.55. The van der Waals surface area contributed by atoms with E-state index in [1.54, 1.807) is 0 Å². The molecule has 0 N–H and O–H groups in total. The van der Waals surface area contributed by atoms with Gasteiger partial charge in [-0.15, -0.1) is 0 Å². The van der Waals surface area contributed by atoms with Crippen molar-refractivity contribution in [2.75, 3.05) is 6.61 Å². The molecule has 2 rings (SSSR count). The van der Waals surface area contributed by atoms with Crippen molar-refractivity contribution in [3.63, 3.8) is 0 Å². The second-order valence-corrected chi connectivity index (χ2v) is 9.16. The summed E-state index contributed by atoms with van der Waals surface area (Å²) in [6.45, 7) is 8.86. The van der Waals surface area contributed by atoms with Crippen LogP contribution in [0.2, 0.25) is 0 Å². The van der Waals surface area contributed by atoms with Crippen LogP contribution in [-0.2, 0) is 14.3 Å². The lowest BCUT2D eigenvalue weighted by Gasteiger charge is -2.33. The Hall–Kier alpha value is -0.570. The van der Waals surface area contributed by atoms with Gasteiger partial charge in [0.15, 0.2) is 0 Å². The zero-order chi connectivity index (χ0) is 19.0. The van der Waals surface area contributed by atoms with Gasteiger partial charge in [0.05, 0.1) is 24.2 Å². The van der Waals surface area contributed by atoms with Crippen molar-refractivity contribution in [3.05, 3.63) is 0 Å². The molecule has 0 aromatic rings. The second-order valence-electron chi connectivity index (χ2n) is 9.16. The van der Waals surface area contributed by atoms with Gasteiger partial charge in [-0.3, -0.25) is 4.79 Å². The molecule has 1 saturated heterocycles. The van der Waals surface area contributed by atoms with Crippen molar-refractivity contribution in [3.8, 4) is 0 Å². The highest BCUT2D eigenvalue weighted by atomic mass is 16.6. The summed E-state index contributed by atoms with van der Waals surface area (Å²) >= 11 is 0. The molecule has 4 atom stereocenters. The van der Waals surface area contributed by atoms with Crippen molar-refractivity contribution < 1.29 is 14.3 Å². The van der Waals surface area contributed by atoms with Gasteiger partial charge in [-0.25, -0.2) is 0 Å². The number of epoxide rings is 1. The van der Waals surface area contributed by atoms with E-state index in [4.69, 9.17) is 9.47 Å². The van der Waals surface area contributed by atoms with Crippen molar-refractivity contribution in [1.82, 2.24) is 0 Å². The SMILES string of the molecule is CCCCCCCCC(CCC1CCC2OC2C1)C(C)(C)C(=O)OCC. The molecule has 26 heavy (non-hydrogen) atoms. The van der Waals surface area contributed by atoms with Gasteiger partial charge >= 0.3 is 5.97 Å². The smallest absolute Gasteiger partial charge is 0.311 e. The fourth-order valence-electron chi connectivity index (χ4n) is 4.71. The van der Waals surface area contributed by atoms with E-state index in [1.165, 1.54) is 64.2 Å². The zero-order valence-electron chi connectivity index (χ0n) is 17.7. The Morgan fingerprint density at radius 3 is 2.46 bits per heavy atom. The molecule has 2 aliphatic rings. The minimum Gasteiger partial charge on any atom is -0.466 e. The maximum Gasteiger partial charge on any atom is 0.311 e. The quantitative estimate of drug-likeness (QED) is 0.218. The number of ether oxygens (including phenoxy) is 2. The Morgan fingerprint density at radius 2 is 1.77 bits per heavy atom. The normalized spacial score (nSPS) is 26.2. The lowest BCUT2D eigenvalue weighted by atomic mass is 9.72. The van der Waals surface area contributed by atoms with Crippen molar-refractivity contribution in [1.29, 1.82) is 0 Å². The van der Waals surface area contributed by atoms with Gasteiger partial charge in [0.1, 0.15) is 0 Å². The Morgan fingerprint density at radius 1 is 1.04 bits per heavy atom. The first-order chi connectivity index (χ1) is 12.5. The largest absolute Gasteiger partial charge is 0.466 e. The molecular formula is C23H42O3. The van der Waals surface area contributed by atoms with E-state index in [9.17, 15) is 4.79 Å². The number of rotatable bonds is 13. The molecule has 0 spiro atoms. The first kappa shape index (κ1) is 21.7. The number of unbranched alkanes of at least 4 members (excludes halogenated alkanes) is 5. The molecule has 2 fully saturated rings. The number of fused-ring (bicyclic) bond motifs is 1. The van der Waals surface area contributed by atoms with Crippen LogP contribution in [-0.4, -0.2) is 24.8 Å². The molecule has 0 radical (unpaired) electrons. The third-order valence-electron chi connectivity index (χ3n) is 6.76. The molecular weight excluding hydrogens is 324 g/mol. The van der Waals surface area contributed by atoms with Crippen molar-refractivity contribution >= 4 is 5.97 Å². The molecule has 0 aromatic heterocycles. The van der Waals surface area contributed by atoms with Crippen molar-refractivity contribution in [2.24, 2.45) is 17.3 Å². The molecule has 1 saturated carbocycles. The molecule has 1 aliphatic carbocycles. The lowest BCUT2D eigenvalue weighted by Crippen LogP contribution is -2.35. The molecule has 3 heteroatoms. The van der Waals surface area contributed by atoms with E-state index >= 15 is 0 Å². The van der Waals surface area contributed by atoms with Crippen LogP contribution in [0.4, 0.5) is 0 Å². The van der Waals surface area contributed by atoms with Gasteiger partial charge in [-0.05, 0) is 64.7 Å². The standard InChI is InChI=1S/C23H42O3/c1-5-7-8-9-10-11-12-19(23(3,4)22(24)25-6-2)15-13-18-14-16-20-21(17-18)26-20/h18-21H,5-17H2,1-4H3. The molecule has 0 aromatic carbocycles. The Bertz CT molecular complexity index is 418. The van der Waals surface area contributed by atoms with Crippen molar-refractivity contribution in [2.45, 2.75) is 117 Å². The first-order valence-corrected chi connectivity index (χ1v) is 11.3. The first-order valence-electron chi connectivity index (χ1n) is 11.3. The highest BCUT2D eigenvalue weighted by Gasteiger charge is 2.44. The van der Waals surface area contributed by atoms with E-state index in [1.807, 2.05) is 6.92 Å². The number of hydrogen-bond acceptors (Lipinski definition) is 3. The Labute approximate surface area is 161 Å².